The Hall–Kier alpha value is -1.17. The quantitative estimate of drug-likeness (QED) is 0.833. The lowest BCUT2D eigenvalue weighted by atomic mass is 10.1. The Morgan fingerprint density at radius 1 is 1.12 bits per heavy atom. The van der Waals surface area contributed by atoms with Crippen LogP contribution in [0.15, 0.2) is 35.7 Å². The van der Waals surface area contributed by atoms with Crippen LogP contribution in [0.2, 0.25) is 0 Å². The molecule has 17 heavy (non-hydrogen) atoms. The zero-order chi connectivity index (χ0) is 12.3. The normalized spacial score (nSPS) is 10.9. The van der Waals surface area contributed by atoms with Gasteiger partial charge in [-0.15, -0.1) is 11.3 Å². The molecule has 0 saturated carbocycles. The molecule has 0 aliphatic rings. The first-order chi connectivity index (χ1) is 8.19. The summed E-state index contributed by atoms with van der Waals surface area (Å²) in [4.78, 5) is 1.15. The summed E-state index contributed by atoms with van der Waals surface area (Å²) in [7, 11) is -2.35. The maximum atomic E-state index is 10.6. The highest BCUT2D eigenvalue weighted by Crippen LogP contribution is 2.25. The number of benzene rings is 1. The van der Waals surface area contributed by atoms with E-state index in [2.05, 4.69) is 11.4 Å². The fourth-order valence-electron chi connectivity index (χ4n) is 1.59. The van der Waals surface area contributed by atoms with Gasteiger partial charge in [0.2, 0.25) is 0 Å². The minimum absolute atomic E-state index is 0.104. The minimum atomic E-state index is -2.35. The summed E-state index contributed by atoms with van der Waals surface area (Å²) < 4.78 is 21.2. The number of nitrogens with two attached hydrogens (primary N) is 1. The van der Waals surface area contributed by atoms with Gasteiger partial charge < -0.3 is 5.73 Å². The van der Waals surface area contributed by atoms with Crippen LogP contribution in [0.25, 0.3) is 11.1 Å². The van der Waals surface area contributed by atoms with Gasteiger partial charge in [-0.3, -0.25) is 0 Å². The lowest BCUT2D eigenvalue weighted by molar-refractivity contribution is 0.614. The molecule has 2 aromatic rings. The van der Waals surface area contributed by atoms with Crippen LogP contribution in [0.5, 0.6) is 0 Å². The van der Waals surface area contributed by atoms with Crippen molar-refractivity contribution in [2.24, 2.45) is 5.73 Å². The zero-order valence-electron chi connectivity index (χ0n) is 9.13. The van der Waals surface area contributed by atoms with E-state index in [-0.39, 0.29) is 5.75 Å². The fraction of sp³-hybridized carbons (Fsp3) is 0.167. The van der Waals surface area contributed by atoms with Gasteiger partial charge in [-0.25, -0.2) is 8.42 Å². The Kier molecular flexibility index (Phi) is 3.93. The smallest absolute Gasteiger partial charge is 0.144 e. The highest BCUT2D eigenvalue weighted by molar-refractivity contribution is 7.71. The van der Waals surface area contributed by atoms with Gasteiger partial charge in [-0.1, -0.05) is 24.3 Å². The van der Waals surface area contributed by atoms with Crippen LogP contribution < -0.4 is 5.73 Å². The third kappa shape index (κ3) is 3.15. The molecule has 0 radical (unpaired) electrons. The Balaban J connectivity index is 2.22. The van der Waals surface area contributed by atoms with Crippen molar-refractivity contribution < 1.29 is 8.42 Å². The van der Waals surface area contributed by atoms with Crippen LogP contribution in [0, 0.1) is 0 Å². The van der Waals surface area contributed by atoms with Crippen molar-refractivity contribution in [2.45, 2.75) is 12.3 Å². The van der Waals surface area contributed by atoms with E-state index in [9.17, 15) is 8.42 Å². The highest BCUT2D eigenvalue weighted by atomic mass is 32.2. The predicted molar refractivity (Wildman–Crippen MR) is 71.7 cm³/mol. The summed E-state index contributed by atoms with van der Waals surface area (Å²) in [6.45, 7) is 0.555. The number of rotatable bonds is 4. The van der Waals surface area contributed by atoms with Crippen molar-refractivity contribution in [3.63, 3.8) is 0 Å². The van der Waals surface area contributed by atoms with Gasteiger partial charge in [0.1, 0.15) is 10.7 Å². The molecular weight excluding hydrogens is 254 g/mol. The second-order valence-electron chi connectivity index (χ2n) is 3.69. The van der Waals surface area contributed by atoms with Crippen molar-refractivity contribution in [1.82, 2.24) is 0 Å². The molecular formula is C12H13NO2S2. The van der Waals surface area contributed by atoms with Gasteiger partial charge in [0.05, 0.1) is 5.75 Å². The molecule has 1 aromatic heterocycles. The van der Waals surface area contributed by atoms with Crippen LogP contribution in [0.3, 0.4) is 0 Å². The summed E-state index contributed by atoms with van der Waals surface area (Å²) in [6, 6.07) is 9.64. The van der Waals surface area contributed by atoms with Crippen LogP contribution >= 0.6 is 11.3 Å². The molecule has 0 spiro atoms. The third-order valence-corrected chi connectivity index (χ3v) is 4.04. The largest absolute Gasteiger partial charge is 0.326 e. The molecule has 90 valence electrons. The highest BCUT2D eigenvalue weighted by Gasteiger charge is 2.02. The fourth-order valence-corrected chi connectivity index (χ4v) is 2.87. The van der Waals surface area contributed by atoms with Crippen molar-refractivity contribution in [1.29, 1.82) is 0 Å². The van der Waals surface area contributed by atoms with Crippen molar-refractivity contribution in [3.05, 3.63) is 46.2 Å². The molecule has 3 nitrogen and oxygen atoms in total. The summed E-state index contributed by atoms with van der Waals surface area (Å²) in [5.41, 5.74) is 8.60. The first kappa shape index (κ1) is 12.3. The zero-order valence-corrected chi connectivity index (χ0v) is 10.8. The van der Waals surface area contributed by atoms with E-state index >= 15 is 0 Å². The molecule has 5 heteroatoms. The minimum Gasteiger partial charge on any atom is -0.326 e. The molecule has 2 rings (SSSR count). The van der Waals surface area contributed by atoms with Crippen molar-refractivity contribution in [3.8, 4) is 11.1 Å². The maximum absolute atomic E-state index is 10.6. The molecule has 2 N–H and O–H groups in total. The molecule has 0 fully saturated rings. The molecule has 0 saturated heterocycles. The Morgan fingerprint density at radius 2 is 1.82 bits per heavy atom. The monoisotopic (exact) mass is 267 g/mol. The van der Waals surface area contributed by atoms with E-state index in [4.69, 9.17) is 5.73 Å². The van der Waals surface area contributed by atoms with Gasteiger partial charge in [0.15, 0.2) is 0 Å². The molecule has 0 aliphatic carbocycles. The maximum Gasteiger partial charge on any atom is 0.144 e. The van der Waals surface area contributed by atoms with Crippen LogP contribution in [-0.4, -0.2) is 8.42 Å². The van der Waals surface area contributed by atoms with E-state index in [0.29, 0.717) is 6.54 Å². The van der Waals surface area contributed by atoms with E-state index in [1.54, 1.807) is 11.3 Å². The van der Waals surface area contributed by atoms with Crippen LogP contribution in [0.1, 0.15) is 10.4 Å². The van der Waals surface area contributed by atoms with Crippen molar-refractivity contribution in [2.75, 3.05) is 0 Å². The van der Waals surface area contributed by atoms with E-state index in [1.165, 1.54) is 0 Å². The number of hydrogen-bond donors (Lipinski definition) is 2. The van der Waals surface area contributed by atoms with Gasteiger partial charge in [0.25, 0.3) is 0 Å². The predicted octanol–water partition coefficient (Wildman–Crippen LogP) is 1.99. The first-order valence-corrected chi connectivity index (χ1v) is 7.42. The van der Waals surface area contributed by atoms with Gasteiger partial charge in [-0.05, 0) is 28.1 Å². The standard InChI is InChI=1S/C12H13NO2S2/c13-6-12-5-11(7-16-12)10-3-1-9(2-4-10)8-17(14)15/h1-5,7,17H,6,8,13H2. The summed E-state index contributed by atoms with van der Waals surface area (Å²) >= 11 is 1.64. The number of hydrogen-bond acceptors (Lipinski definition) is 4. The average molecular weight is 267 g/mol. The van der Waals surface area contributed by atoms with E-state index < -0.39 is 10.7 Å². The second kappa shape index (κ2) is 5.44. The summed E-state index contributed by atoms with van der Waals surface area (Å²) in [6.07, 6.45) is 0. The summed E-state index contributed by atoms with van der Waals surface area (Å²) in [5.74, 6) is 0.104. The molecule has 0 amide bonds. The van der Waals surface area contributed by atoms with Crippen LogP contribution in [0.4, 0.5) is 0 Å². The van der Waals surface area contributed by atoms with E-state index in [1.807, 2.05) is 24.3 Å². The Bertz CT molecular complexity index is 562. The number of thiol groups is 1. The summed E-state index contributed by atoms with van der Waals surface area (Å²) in [5, 5.41) is 2.06. The van der Waals surface area contributed by atoms with Crippen molar-refractivity contribution >= 4 is 22.0 Å². The van der Waals surface area contributed by atoms with Gasteiger partial charge in [0, 0.05) is 11.4 Å². The molecule has 1 heterocycles. The second-order valence-corrected chi connectivity index (χ2v) is 5.67. The van der Waals surface area contributed by atoms with Gasteiger partial charge in [-0.2, -0.15) is 0 Å². The first-order valence-electron chi connectivity index (χ1n) is 5.17. The molecule has 0 atom stereocenters. The number of thiophene rings is 1. The lowest BCUT2D eigenvalue weighted by Crippen LogP contribution is -1.91. The molecule has 0 bridgehead atoms. The Labute approximate surface area is 106 Å². The molecule has 1 aromatic carbocycles. The van der Waals surface area contributed by atoms with Gasteiger partial charge >= 0.3 is 0 Å². The topological polar surface area (TPSA) is 60.2 Å². The molecule has 0 unspecified atom stereocenters. The molecule has 0 aliphatic heterocycles. The third-order valence-electron chi connectivity index (χ3n) is 2.45. The lowest BCUT2D eigenvalue weighted by Gasteiger charge is -1.99. The average Bonchev–Trinajstić information content (AvgIpc) is 2.78. The van der Waals surface area contributed by atoms with Crippen LogP contribution in [-0.2, 0) is 23.0 Å². The Morgan fingerprint density at radius 3 is 2.35 bits per heavy atom. The van der Waals surface area contributed by atoms with E-state index in [0.717, 1.165) is 21.6 Å². The SMILES string of the molecule is NCc1cc(-c2ccc(C[SH](=O)=O)cc2)cs1.